The first-order valence-corrected chi connectivity index (χ1v) is 11.9. The molecule has 1 heterocycles. The van der Waals surface area contributed by atoms with Gasteiger partial charge in [-0.05, 0) is 0 Å². The van der Waals surface area contributed by atoms with Crippen LogP contribution in [-0.2, 0) is 0 Å². The zero-order chi connectivity index (χ0) is 13.0. The van der Waals surface area contributed by atoms with Crippen molar-refractivity contribution in [2.75, 3.05) is 0 Å². The van der Waals surface area contributed by atoms with Crippen LogP contribution in [-0.4, -0.2) is 13.3 Å². The first-order chi connectivity index (χ1) is 8.46. The van der Waals surface area contributed by atoms with Crippen LogP contribution in [0.5, 0.6) is 0 Å². The van der Waals surface area contributed by atoms with E-state index in [0.717, 1.165) is 0 Å². The molecule has 2 aromatic carbocycles. The van der Waals surface area contributed by atoms with Gasteiger partial charge in [-0.3, -0.25) is 0 Å². The predicted octanol–water partition coefficient (Wildman–Crippen LogP) is 3.66. The van der Waals surface area contributed by atoms with Gasteiger partial charge in [-0.25, -0.2) is 0 Å². The van der Waals surface area contributed by atoms with Crippen LogP contribution in [0.1, 0.15) is 20.8 Å². The summed E-state index contributed by atoms with van der Waals surface area (Å²) in [5, 5.41) is 0. The molecule has 0 aromatic heterocycles. The van der Waals surface area contributed by atoms with Crippen molar-refractivity contribution in [3.63, 3.8) is 0 Å². The topological polar surface area (TPSA) is 0 Å². The molecule has 92 valence electrons. The Labute approximate surface area is 112 Å². The molecule has 0 radical (unpaired) electrons. The summed E-state index contributed by atoms with van der Waals surface area (Å²) in [7, 11) is 0. The van der Waals surface area contributed by atoms with Crippen molar-refractivity contribution in [1.29, 1.82) is 0 Å². The summed E-state index contributed by atoms with van der Waals surface area (Å²) < 4.78 is 3.71. The van der Waals surface area contributed by atoms with Crippen LogP contribution < -0.4 is 8.79 Å². The Morgan fingerprint density at radius 3 is 1.50 bits per heavy atom. The van der Waals surface area contributed by atoms with Crippen molar-refractivity contribution in [2.45, 2.75) is 30.8 Å². The second-order valence-corrected chi connectivity index (χ2v) is 16.6. The molecule has 0 bridgehead atoms. The molecule has 0 spiro atoms. The predicted molar refractivity (Wildman–Crippen MR) is 82.5 cm³/mol. The minimum absolute atomic E-state index is 0.392. The summed E-state index contributed by atoms with van der Waals surface area (Å²) in [5.74, 6) is 2.57. The quantitative estimate of drug-likeness (QED) is 0.651. The fraction of sp³-hybridized carbons (Fsp3) is 0.294. The van der Waals surface area contributed by atoms with Gasteiger partial charge in [0.05, 0.1) is 0 Å². The van der Waals surface area contributed by atoms with Gasteiger partial charge in [0.2, 0.25) is 0 Å². The number of hydrogen-bond donors (Lipinski definition) is 0. The summed E-state index contributed by atoms with van der Waals surface area (Å²) in [6.45, 7) is 7.27. The van der Waals surface area contributed by atoms with Crippen LogP contribution >= 0.6 is 0 Å². The Balaban J connectivity index is 2.41. The van der Waals surface area contributed by atoms with Crippen LogP contribution in [0.15, 0.2) is 48.5 Å². The third-order valence-electron chi connectivity index (χ3n) is 4.72. The Kier molecular flexibility index (Phi) is 2.50. The van der Waals surface area contributed by atoms with Crippen molar-refractivity contribution in [1.82, 2.24) is 0 Å². The van der Waals surface area contributed by atoms with Crippen molar-refractivity contribution >= 4 is 22.1 Å². The van der Waals surface area contributed by atoms with Gasteiger partial charge in [0.15, 0.2) is 0 Å². The molecule has 1 heteroatoms. The summed E-state index contributed by atoms with van der Waals surface area (Å²) in [4.78, 5) is 0. The average molecular weight is 297 g/mol. The third-order valence-corrected chi connectivity index (χ3v) is 17.4. The van der Waals surface area contributed by atoms with Crippen LogP contribution in [0.2, 0.25) is 10.0 Å². The van der Waals surface area contributed by atoms with E-state index < -0.39 is 13.3 Å². The van der Waals surface area contributed by atoms with Crippen molar-refractivity contribution in [3.05, 3.63) is 48.5 Å². The molecule has 0 N–H and O–H groups in total. The molecule has 0 saturated carbocycles. The van der Waals surface area contributed by atoms with Crippen LogP contribution in [0.3, 0.4) is 0 Å². The van der Waals surface area contributed by atoms with Gasteiger partial charge in [-0.1, -0.05) is 0 Å². The Bertz CT molecular complexity index is 560. The summed E-state index contributed by atoms with van der Waals surface area (Å²) in [5.41, 5.74) is 2.98. The van der Waals surface area contributed by atoms with E-state index in [9.17, 15) is 0 Å². The number of rotatable bonds is 0. The fourth-order valence-corrected chi connectivity index (χ4v) is 12.2. The first kappa shape index (κ1) is 12.0. The van der Waals surface area contributed by atoms with Gasteiger partial charge in [-0.15, -0.1) is 0 Å². The van der Waals surface area contributed by atoms with Gasteiger partial charge < -0.3 is 0 Å². The van der Waals surface area contributed by atoms with E-state index in [2.05, 4.69) is 75.1 Å². The molecular weight excluding hydrogens is 277 g/mol. The third kappa shape index (κ3) is 1.39. The summed E-state index contributed by atoms with van der Waals surface area (Å²) in [6, 6.07) is 18.1. The van der Waals surface area contributed by atoms with Gasteiger partial charge in [0.25, 0.3) is 0 Å². The van der Waals surface area contributed by atoms with E-state index in [1.165, 1.54) is 11.1 Å². The molecule has 0 atom stereocenters. The molecule has 0 saturated heterocycles. The maximum absolute atomic E-state index is 2.57. The minimum atomic E-state index is -2.23. The fourth-order valence-electron chi connectivity index (χ4n) is 3.26. The second kappa shape index (κ2) is 3.74. The van der Waals surface area contributed by atoms with Gasteiger partial charge in [-0.2, -0.15) is 0 Å². The number of benzene rings is 2. The Morgan fingerprint density at radius 2 is 1.11 bits per heavy atom. The molecule has 1 aliphatic heterocycles. The van der Waals surface area contributed by atoms with E-state index in [4.69, 9.17) is 0 Å². The number of hydrogen-bond acceptors (Lipinski definition) is 0. The standard InChI is InChI=1S/C17H20Ge/c1-17(2,3)18(4)15-11-7-5-9-13(15)14-10-6-8-12-16(14)18/h5-12H,1-4H3. The van der Waals surface area contributed by atoms with Gasteiger partial charge in [0, 0.05) is 0 Å². The van der Waals surface area contributed by atoms with Crippen LogP contribution in [0.4, 0.5) is 0 Å². The van der Waals surface area contributed by atoms with E-state index >= 15 is 0 Å². The zero-order valence-corrected chi connectivity index (χ0v) is 13.7. The van der Waals surface area contributed by atoms with Gasteiger partial charge in [0.1, 0.15) is 0 Å². The molecule has 2 aromatic rings. The summed E-state index contributed by atoms with van der Waals surface area (Å²) in [6.07, 6.45) is 0. The van der Waals surface area contributed by atoms with Crippen molar-refractivity contribution < 1.29 is 0 Å². The van der Waals surface area contributed by atoms with Crippen molar-refractivity contribution in [3.8, 4) is 11.1 Å². The molecular formula is C17H20Ge. The van der Waals surface area contributed by atoms with Crippen molar-refractivity contribution in [2.24, 2.45) is 0 Å². The van der Waals surface area contributed by atoms with Gasteiger partial charge >= 0.3 is 112 Å². The molecule has 0 amide bonds. The molecule has 18 heavy (non-hydrogen) atoms. The Hall–Kier alpha value is -1.02. The van der Waals surface area contributed by atoms with E-state index in [0.29, 0.717) is 4.25 Å². The molecule has 0 nitrogen and oxygen atoms in total. The zero-order valence-electron chi connectivity index (χ0n) is 11.6. The normalized spacial score (nSPS) is 16.2. The average Bonchev–Trinajstić information content (AvgIpc) is 2.62. The number of fused-ring (bicyclic) bond motifs is 3. The van der Waals surface area contributed by atoms with Crippen LogP contribution in [0, 0.1) is 0 Å². The molecule has 0 aliphatic carbocycles. The Morgan fingerprint density at radius 1 is 0.722 bits per heavy atom. The SMILES string of the molecule is C[C](C)(C)[Ge]1([CH3])[c]2ccccc2-c2cccc[c]21. The van der Waals surface area contributed by atoms with E-state index in [1.807, 2.05) is 0 Å². The summed E-state index contributed by atoms with van der Waals surface area (Å²) >= 11 is -2.23. The monoisotopic (exact) mass is 298 g/mol. The molecule has 3 rings (SSSR count). The maximum atomic E-state index is 2.57. The molecule has 0 fully saturated rings. The second-order valence-electron chi connectivity index (χ2n) is 6.47. The molecule has 1 aliphatic rings. The van der Waals surface area contributed by atoms with Crippen LogP contribution in [0.25, 0.3) is 11.1 Å². The molecule has 0 unspecified atom stereocenters. The van der Waals surface area contributed by atoms with E-state index in [-0.39, 0.29) is 0 Å². The van der Waals surface area contributed by atoms with E-state index in [1.54, 1.807) is 8.79 Å². The first-order valence-electron chi connectivity index (χ1n) is 6.65.